The smallest absolute Gasteiger partial charge is 0.125 e. The maximum absolute atomic E-state index is 10.7. The lowest BCUT2D eigenvalue weighted by molar-refractivity contribution is -0.115. The zero-order valence-corrected chi connectivity index (χ0v) is 9.49. The van der Waals surface area contributed by atoms with Crippen molar-refractivity contribution in [1.82, 2.24) is 0 Å². The summed E-state index contributed by atoms with van der Waals surface area (Å²) in [5.74, 6) is 0. The number of aldehydes is 1. The number of carbonyl (C=O) groups excluding carboxylic acids is 1. The number of carbonyl (C=O) groups is 1. The maximum atomic E-state index is 10.7. The zero-order chi connectivity index (χ0) is 11.3. The lowest BCUT2D eigenvalue weighted by Gasteiger charge is -2.15. The van der Waals surface area contributed by atoms with Crippen LogP contribution >= 0.6 is 0 Å². The number of benzene rings is 1. The van der Waals surface area contributed by atoms with Crippen LogP contribution in [0.15, 0.2) is 24.3 Å². The summed E-state index contributed by atoms with van der Waals surface area (Å²) < 4.78 is 0. The molecule has 0 unspecified atom stereocenters. The molecule has 0 aromatic heterocycles. The Morgan fingerprint density at radius 2 is 1.87 bits per heavy atom. The minimum atomic E-state index is -0.187. The highest BCUT2D eigenvalue weighted by molar-refractivity contribution is 5.57. The minimum absolute atomic E-state index is 0.187. The Hall–Kier alpha value is -1.31. The van der Waals surface area contributed by atoms with Gasteiger partial charge in [0.25, 0.3) is 0 Å². The van der Waals surface area contributed by atoms with Gasteiger partial charge in [-0.1, -0.05) is 26.0 Å². The molecule has 82 valence electrons. The molecule has 0 fully saturated rings. The number of anilines is 1. The van der Waals surface area contributed by atoms with Crippen molar-refractivity contribution in [2.75, 3.05) is 5.73 Å². The molecule has 0 saturated heterocycles. The lowest BCUT2D eigenvalue weighted by atomic mass is 9.88. The Labute approximate surface area is 91.5 Å². The second kappa shape index (κ2) is 4.96. The molecule has 0 saturated carbocycles. The summed E-state index contributed by atoms with van der Waals surface area (Å²) in [7, 11) is 0. The predicted octanol–water partition coefficient (Wildman–Crippen LogP) is 2.82. The van der Waals surface area contributed by atoms with Gasteiger partial charge >= 0.3 is 0 Å². The molecule has 0 aliphatic heterocycles. The first-order valence-corrected chi connectivity index (χ1v) is 5.34. The molecule has 1 rings (SSSR count). The van der Waals surface area contributed by atoms with Gasteiger partial charge in [-0.05, 0) is 37.0 Å². The average molecular weight is 205 g/mol. The Morgan fingerprint density at radius 1 is 1.27 bits per heavy atom. The molecule has 0 heterocycles. The summed E-state index contributed by atoms with van der Waals surface area (Å²) in [5, 5.41) is 0. The molecule has 0 bridgehead atoms. The van der Waals surface area contributed by atoms with Gasteiger partial charge in [0.15, 0.2) is 0 Å². The molecule has 0 aliphatic rings. The molecule has 0 atom stereocenters. The van der Waals surface area contributed by atoms with E-state index in [1.807, 2.05) is 38.1 Å². The standard InChI is InChI=1S/C13H19NO/c1-13(2,10-15)9-3-4-11-5-7-12(14)8-6-11/h5-8,10H,3-4,9,14H2,1-2H3. The monoisotopic (exact) mass is 205 g/mol. The van der Waals surface area contributed by atoms with E-state index in [1.54, 1.807) is 0 Å². The highest BCUT2D eigenvalue weighted by Crippen LogP contribution is 2.20. The maximum Gasteiger partial charge on any atom is 0.125 e. The summed E-state index contributed by atoms with van der Waals surface area (Å²) in [6, 6.07) is 7.92. The molecule has 0 radical (unpaired) electrons. The summed E-state index contributed by atoms with van der Waals surface area (Å²) in [6.45, 7) is 3.95. The first-order valence-electron chi connectivity index (χ1n) is 5.34. The van der Waals surface area contributed by atoms with Crippen molar-refractivity contribution in [1.29, 1.82) is 0 Å². The fourth-order valence-electron chi connectivity index (χ4n) is 1.49. The predicted molar refractivity (Wildman–Crippen MR) is 63.6 cm³/mol. The van der Waals surface area contributed by atoms with E-state index in [0.717, 1.165) is 31.2 Å². The second-order valence-corrected chi connectivity index (χ2v) is 4.70. The van der Waals surface area contributed by atoms with Crippen molar-refractivity contribution in [3.8, 4) is 0 Å². The second-order valence-electron chi connectivity index (χ2n) is 4.70. The Kier molecular flexibility index (Phi) is 3.89. The van der Waals surface area contributed by atoms with Gasteiger partial charge in [-0.2, -0.15) is 0 Å². The first kappa shape index (κ1) is 11.8. The molecule has 2 heteroatoms. The number of nitrogen functional groups attached to an aromatic ring is 1. The van der Waals surface area contributed by atoms with Crippen molar-refractivity contribution >= 4 is 12.0 Å². The molecule has 0 spiro atoms. The fraction of sp³-hybridized carbons (Fsp3) is 0.462. The van der Waals surface area contributed by atoms with Crippen molar-refractivity contribution in [2.24, 2.45) is 5.41 Å². The van der Waals surface area contributed by atoms with E-state index >= 15 is 0 Å². The van der Waals surface area contributed by atoms with Crippen LogP contribution in [-0.2, 0) is 11.2 Å². The normalized spacial score (nSPS) is 11.3. The highest BCUT2D eigenvalue weighted by atomic mass is 16.1. The summed E-state index contributed by atoms with van der Waals surface area (Å²) in [5.41, 5.74) is 7.49. The van der Waals surface area contributed by atoms with Crippen LogP contribution in [0.1, 0.15) is 32.3 Å². The number of rotatable bonds is 5. The Balaban J connectivity index is 2.38. The van der Waals surface area contributed by atoms with E-state index in [9.17, 15) is 4.79 Å². The molecule has 1 aromatic carbocycles. The minimum Gasteiger partial charge on any atom is -0.399 e. The molecule has 0 aliphatic carbocycles. The van der Waals surface area contributed by atoms with Gasteiger partial charge in [-0.15, -0.1) is 0 Å². The van der Waals surface area contributed by atoms with E-state index in [4.69, 9.17) is 5.73 Å². The zero-order valence-electron chi connectivity index (χ0n) is 9.49. The number of nitrogens with two attached hydrogens (primary N) is 1. The summed E-state index contributed by atoms with van der Waals surface area (Å²) in [6.07, 6.45) is 4.02. The van der Waals surface area contributed by atoms with Gasteiger partial charge in [-0.25, -0.2) is 0 Å². The van der Waals surface area contributed by atoms with Gasteiger partial charge in [0, 0.05) is 11.1 Å². The quantitative estimate of drug-likeness (QED) is 0.593. The van der Waals surface area contributed by atoms with Gasteiger partial charge in [0.2, 0.25) is 0 Å². The molecule has 15 heavy (non-hydrogen) atoms. The van der Waals surface area contributed by atoms with E-state index in [0.29, 0.717) is 0 Å². The third-order valence-electron chi connectivity index (χ3n) is 2.59. The molecule has 1 aromatic rings. The van der Waals surface area contributed by atoms with Gasteiger partial charge in [0.05, 0.1) is 0 Å². The van der Waals surface area contributed by atoms with Crippen molar-refractivity contribution in [3.63, 3.8) is 0 Å². The van der Waals surface area contributed by atoms with Crippen LogP contribution < -0.4 is 5.73 Å². The van der Waals surface area contributed by atoms with Gasteiger partial charge < -0.3 is 10.5 Å². The Morgan fingerprint density at radius 3 is 2.40 bits per heavy atom. The van der Waals surface area contributed by atoms with Crippen molar-refractivity contribution < 1.29 is 4.79 Å². The SMILES string of the molecule is CC(C)(C=O)CCCc1ccc(N)cc1. The van der Waals surface area contributed by atoms with Gasteiger partial charge in [-0.3, -0.25) is 0 Å². The highest BCUT2D eigenvalue weighted by Gasteiger charge is 2.15. The van der Waals surface area contributed by atoms with Crippen LogP contribution in [-0.4, -0.2) is 6.29 Å². The van der Waals surface area contributed by atoms with E-state index < -0.39 is 0 Å². The first-order chi connectivity index (χ1) is 7.03. The van der Waals surface area contributed by atoms with E-state index in [-0.39, 0.29) is 5.41 Å². The van der Waals surface area contributed by atoms with Crippen LogP contribution in [0.4, 0.5) is 5.69 Å². The average Bonchev–Trinajstić information content (AvgIpc) is 2.21. The molecule has 0 amide bonds. The van der Waals surface area contributed by atoms with Crippen LogP contribution in [0.3, 0.4) is 0 Å². The molecule has 2 N–H and O–H groups in total. The van der Waals surface area contributed by atoms with Crippen LogP contribution in [0, 0.1) is 5.41 Å². The van der Waals surface area contributed by atoms with Crippen LogP contribution in [0.2, 0.25) is 0 Å². The lowest BCUT2D eigenvalue weighted by Crippen LogP contribution is -2.12. The third kappa shape index (κ3) is 4.15. The van der Waals surface area contributed by atoms with Crippen molar-refractivity contribution in [3.05, 3.63) is 29.8 Å². The number of hydrogen-bond acceptors (Lipinski definition) is 2. The number of hydrogen-bond donors (Lipinski definition) is 1. The van der Waals surface area contributed by atoms with Crippen molar-refractivity contribution in [2.45, 2.75) is 33.1 Å². The van der Waals surface area contributed by atoms with E-state index in [2.05, 4.69) is 0 Å². The largest absolute Gasteiger partial charge is 0.399 e. The Bertz CT molecular complexity index is 314. The molecular weight excluding hydrogens is 186 g/mol. The molecular formula is C13H19NO. The topological polar surface area (TPSA) is 43.1 Å². The molecule has 2 nitrogen and oxygen atoms in total. The van der Waals surface area contributed by atoms with Gasteiger partial charge in [0.1, 0.15) is 6.29 Å². The third-order valence-corrected chi connectivity index (χ3v) is 2.59. The van der Waals surface area contributed by atoms with E-state index in [1.165, 1.54) is 5.56 Å². The fourth-order valence-corrected chi connectivity index (χ4v) is 1.49. The summed E-state index contributed by atoms with van der Waals surface area (Å²) in [4.78, 5) is 10.7. The number of aryl methyl sites for hydroxylation is 1. The van der Waals surface area contributed by atoms with Crippen LogP contribution in [0.5, 0.6) is 0 Å². The van der Waals surface area contributed by atoms with Crippen LogP contribution in [0.25, 0.3) is 0 Å². The summed E-state index contributed by atoms with van der Waals surface area (Å²) >= 11 is 0.